The van der Waals surface area contributed by atoms with Crippen molar-refractivity contribution in [2.24, 2.45) is 0 Å². The van der Waals surface area contributed by atoms with Gasteiger partial charge < -0.3 is 0 Å². The molecule has 0 fully saturated rings. The summed E-state index contributed by atoms with van der Waals surface area (Å²) in [6, 6.07) is 9.67. The van der Waals surface area contributed by atoms with Gasteiger partial charge in [0.1, 0.15) is 5.82 Å². The van der Waals surface area contributed by atoms with Crippen molar-refractivity contribution in [1.82, 2.24) is 0 Å². The maximum absolute atomic E-state index is 13.9. The number of aryl methyl sites for hydroxylation is 1. The second-order valence-corrected chi connectivity index (χ2v) is 5.50. The van der Waals surface area contributed by atoms with Crippen LogP contribution in [0, 0.1) is 12.7 Å². The zero-order valence-corrected chi connectivity index (χ0v) is 11.1. The first-order chi connectivity index (χ1) is 8.20. The van der Waals surface area contributed by atoms with E-state index in [0.717, 1.165) is 27.0 Å². The predicted octanol–water partition coefficient (Wildman–Crippen LogP) is 5.18. The minimum absolute atomic E-state index is 0.106. The summed E-state index contributed by atoms with van der Waals surface area (Å²) >= 11 is 1.74. The Bertz CT molecular complexity index is 520. The fraction of sp³-hybridized carbons (Fsp3) is 0.333. The van der Waals surface area contributed by atoms with Crippen LogP contribution in [0.3, 0.4) is 0 Å². The molecule has 0 atom stereocenters. The van der Waals surface area contributed by atoms with Gasteiger partial charge in [0, 0.05) is 10.3 Å². The molecular formula is C15H17FS. The maximum atomic E-state index is 13.9. The Morgan fingerprint density at radius 1 is 1.18 bits per heavy atom. The molecule has 2 aromatic rings. The van der Waals surface area contributed by atoms with Gasteiger partial charge in [-0.25, -0.2) is 4.39 Å². The number of benzene rings is 2. The van der Waals surface area contributed by atoms with Crippen LogP contribution in [-0.2, 0) is 0 Å². The molecule has 0 aliphatic rings. The molecule has 0 N–H and O–H groups in total. The van der Waals surface area contributed by atoms with Crippen LogP contribution in [0.15, 0.2) is 35.2 Å². The predicted molar refractivity (Wildman–Crippen MR) is 74.3 cm³/mol. The van der Waals surface area contributed by atoms with Crippen molar-refractivity contribution in [1.29, 1.82) is 0 Å². The van der Waals surface area contributed by atoms with Crippen LogP contribution < -0.4 is 0 Å². The number of thioether (sulfide) groups is 1. The molecule has 90 valence electrons. The minimum atomic E-state index is -0.106. The number of fused-ring (bicyclic) bond motifs is 1. The molecule has 0 heterocycles. The molecule has 2 heteroatoms. The zero-order valence-electron chi connectivity index (χ0n) is 10.3. The molecular weight excluding hydrogens is 231 g/mol. The van der Waals surface area contributed by atoms with Crippen molar-refractivity contribution in [3.05, 3.63) is 41.7 Å². The van der Waals surface area contributed by atoms with E-state index in [9.17, 15) is 4.39 Å². The van der Waals surface area contributed by atoms with Crippen molar-refractivity contribution >= 4 is 22.5 Å². The molecule has 2 aromatic carbocycles. The van der Waals surface area contributed by atoms with E-state index in [2.05, 4.69) is 13.0 Å². The number of rotatable bonds is 4. The van der Waals surface area contributed by atoms with Crippen LogP contribution in [0.1, 0.15) is 25.3 Å². The molecule has 0 aliphatic carbocycles. The third-order valence-electron chi connectivity index (χ3n) is 2.80. The molecule has 0 nitrogen and oxygen atoms in total. The summed E-state index contributed by atoms with van der Waals surface area (Å²) in [7, 11) is 0. The summed E-state index contributed by atoms with van der Waals surface area (Å²) < 4.78 is 13.9. The zero-order chi connectivity index (χ0) is 12.3. The highest BCUT2D eigenvalue weighted by Crippen LogP contribution is 2.27. The highest BCUT2D eigenvalue weighted by molar-refractivity contribution is 7.99. The van der Waals surface area contributed by atoms with E-state index in [1.54, 1.807) is 17.8 Å². The number of halogens is 1. The molecule has 0 saturated carbocycles. The van der Waals surface area contributed by atoms with Crippen molar-refractivity contribution in [2.75, 3.05) is 5.75 Å². The molecule has 0 amide bonds. The third kappa shape index (κ3) is 3.01. The van der Waals surface area contributed by atoms with Gasteiger partial charge in [-0.2, -0.15) is 0 Å². The quantitative estimate of drug-likeness (QED) is 0.530. The SMILES string of the molecule is CCCCSc1cc(F)c2cc(C)ccc2c1. The Morgan fingerprint density at radius 3 is 2.76 bits per heavy atom. The highest BCUT2D eigenvalue weighted by Gasteiger charge is 2.04. The summed E-state index contributed by atoms with van der Waals surface area (Å²) in [5, 5.41) is 1.72. The van der Waals surface area contributed by atoms with Gasteiger partial charge in [0.2, 0.25) is 0 Å². The summed E-state index contributed by atoms with van der Waals surface area (Å²) in [4.78, 5) is 1.03. The number of hydrogen-bond donors (Lipinski definition) is 0. The summed E-state index contributed by atoms with van der Waals surface area (Å²) in [5.41, 5.74) is 1.10. The summed E-state index contributed by atoms with van der Waals surface area (Å²) in [6.07, 6.45) is 2.36. The van der Waals surface area contributed by atoms with E-state index in [4.69, 9.17) is 0 Å². The molecule has 0 aliphatic heterocycles. The first-order valence-corrected chi connectivity index (χ1v) is 7.02. The monoisotopic (exact) mass is 248 g/mol. The number of hydrogen-bond acceptors (Lipinski definition) is 1. The van der Waals surface area contributed by atoms with Gasteiger partial charge >= 0.3 is 0 Å². The maximum Gasteiger partial charge on any atom is 0.132 e. The van der Waals surface area contributed by atoms with E-state index in [1.165, 1.54) is 12.8 Å². The van der Waals surface area contributed by atoms with Gasteiger partial charge in [-0.05, 0) is 42.7 Å². The van der Waals surface area contributed by atoms with Gasteiger partial charge in [-0.3, -0.25) is 0 Å². The second-order valence-electron chi connectivity index (χ2n) is 4.33. The van der Waals surface area contributed by atoms with Crippen LogP contribution in [0.25, 0.3) is 10.8 Å². The summed E-state index contributed by atoms with van der Waals surface area (Å²) in [6.45, 7) is 4.16. The van der Waals surface area contributed by atoms with Gasteiger partial charge in [-0.1, -0.05) is 31.0 Å². The van der Waals surface area contributed by atoms with E-state index in [0.29, 0.717) is 0 Å². The van der Waals surface area contributed by atoms with Crippen LogP contribution in [-0.4, -0.2) is 5.75 Å². The van der Waals surface area contributed by atoms with Gasteiger partial charge in [0.25, 0.3) is 0 Å². The standard InChI is InChI=1S/C15H17FS/c1-3-4-7-17-13-9-12-6-5-11(2)8-14(12)15(16)10-13/h5-6,8-10H,3-4,7H2,1-2H3. The fourth-order valence-electron chi connectivity index (χ4n) is 1.82. The lowest BCUT2D eigenvalue weighted by Crippen LogP contribution is -1.85. The van der Waals surface area contributed by atoms with Crippen molar-refractivity contribution < 1.29 is 4.39 Å². The highest BCUT2D eigenvalue weighted by atomic mass is 32.2. The van der Waals surface area contributed by atoms with Crippen molar-refractivity contribution in [3.63, 3.8) is 0 Å². The van der Waals surface area contributed by atoms with E-state index >= 15 is 0 Å². The molecule has 0 unspecified atom stereocenters. The summed E-state index contributed by atoms with van der Waals surface area (Å²) in [5.74, 6) is 0.957. The molecule has 0 aromatic heterocycles. The van der Waals surface area contributed by atoms with Crippen molar-refractivity contribution in [3.8, 4) is 0 Å². The normalized spacial score (nSPS) is 11.0. The Hall–Kier alpha value is -1.02. The van der Waals surface area contributed by atoms with Crippen LogP contribution in [0.2, 0.25) is 0 Å². The first-order valence-electron chi connectivity index (χ1n) is 6.03. The topological polar surface area (TPSA) is 0 Å². The van der Waals surface area contributed by atoms with E-state index < -0.39 is 0 Å². The lowest BCUT2D eigenvalue weighted by Gasteiger charge is -2.05. The first kappa shape index (κ1) is 12.4. The molecule has 17 heavy (non-hydrogen) atoms. The van der Waals surface area contributed by atoms with Crippen LogP contribution >= 0.6 is 11.8 Å². The van der Waals surface area contributed by atoms with E-state index in [1.807, 2.05) is 25.1 Å². The molecule has 0 saturated heterocycles. The third-order valence-corrected chi connectivity index (χ3v) is 3.86. The Morgan fingerprint density at radius 2 is 2.00 bits per heavy atom. The Labute approximate surface area is 106 Å². The fourth-order valence-corrected chi connectivity index (χ4v) is 2.88. The lowest BCUT2D eigenvalue weighted by molar-refractivity contribution is 0.636. The molecule has 0 spiro atoms. The average Bonchev–Trinajstić information content (AvgIpc) is 2.31. The van der Waals surface area contributed by atoms with Crippen LogP contribution in [0.5, 0.6) is 0 Å². The number of unbranched alkanes of at least 4 members (excludes halogenated alkanes) is 1. The molecule has 2 rings (SSSR count). The smallest absolute Gasteiger partial charge is 0.132 e. The van der Waals surface area contributed by atoms with E-state index in [-0.39, 0.29) is 5.82 Å². The minimum Gasteiger partial charge on any atom is -0.206 e. The molecule has 0 bridgehead atoms. The Balaban J connectivity index is 2.32. The Kier molecular flexibility index (Phi) is 4.06. The average molecular weight is 248 g/mol. The van der Waals surface area contributed by atoms with Crippen molar-refractivity contribution in [2.45, 2.75) is 31.6 Å². The van der Waals surface area contributed by atoms with Gasteiger partial charge in [0.05, 0.1) is 0 Å². The second kappa shape index (κ2) is 5.54. The largest absolute Gasteiger partial charge is 0.206 e. The molecule has 0 radical (unpaired) electrons. The van der Waals surface area contributed by atoms with Gasteiger partial charge in [0.15, 0.2) is 0 Å². The van der Waals surface area contributed by atoms with Gasteiger partial charge in [-0.15, -0.1) is 11.8 Å². The van der Waals surface area contributed by atoms with Crippen LogP contribution in [0.4, 0.5) is 4.39 Å². The lowest BCUT2D eigenvalue weighted by atomic mass is 10.1.